The molecular formula is C14H25NO3. The molecule has 2 heterocycles. The fourth-order valence-corrected chi connectivity index (χ4v) is 3.14. The summed E-state index contributed by atoms with van der Waals surface area (Å²) in [5.41, 5.74) is -0.631. The summed E-state index contributed by atoms with van der Waals surface area (Å²) >= 11 is 0. The summed E-state index contributed by atoms with van der Waals surface area (Å²) < 4.78 is 11.4. The molecule has 2 fully saturated rings. The zero-order valence-electron chi connectivity index (χ0n) is 12.1. The van der Waals surface area contributed by atoms with Crippen molar-refractivity contribution in [3.63, 3.8) is 0 Å². The minimum Gasteiger partial charge on any atom is -0.460 e. The molecule has 0 amide bonds. The lowest BCUT2D eigenvalue weighted by atomic mass is 9.74. The first-order valence-corrected chi connectivity index (χ1v) is 6.71. The van der Waals surface area contributed by atoms with Gasteiger partial charge in [-0.2, -0.15) is 0 Å². The van der Waals surface area contributed by atoms with Gasteiger partial charge < -0.3 is 14.8 Å². The number of nitrogens with one attached hydrogen (secondary N) is 1. The van der Waals surface area contributed by atoms with Crippen molar-refractivity contribution in [2.45, 2.75) is 52.2 Å². The molecular weight excluding hydrogens is 230 g/mol. The van der Waals surface area contributed by atoms with Crippen molar-refractivity contribution in [3.05, 3.63) is 0 Å². The molecule has 0 bridgehead atoms. The lowest BCUT2D eigenvalue weighted by Crippen LogP contribution is -2.40. The van der Waals surface area contributed by atoms with Crippen LogP contribution in [0.1, 0.15) is 41.0 Å². The van der Waals surface area contributed by atoms with Crippen LogP contribution < -0.4 is 5.32 Å². The third-order valence-electron chi connectivity index (χ3n) is 3.78. The number of carbonyl (C=O) groups excluding carboxylic acids is 1. The van der Waals surface area contributed by atoms with Gasteiger partial charge in [0.15, 0.2) is 0 Å². The molecule has 2 aliphatic rings. The van der Waals surface area contributed by atoms with Gasteiger partial charge in [-0.15, -0.1) is 0 Å². The predicted molar refractivity (Wildman–Crippen MR) is 69.3 cm³/mol. The Kier molecular flexibility index (Phi) is 3.23. The number of rotatable bonds is 1. The van der Waals surface area contributed by atoms with Crippen molar-refractivity contribution in [2.24, 2.45) is 11.3 Å². The van der Waals surface area contributed by atoms with Crippen LogP contribution in [-0.4, -0.2) is 36.9 Å². The van der Waals surface area contributed by atoms with Crippen molar-refractivity contribution < 1.29 is 14.3 Å². The van der Waals surface area contributed by atoms with Crippen LogP contribution >= 0.6 is 0 Å². The molecule has 2 saturated heterocycles. The number of hydrogen-bond acceptors (Lipinski definition) is 4. The van der Waals surface area contributed by atoms with E-state index < -0.39 is 5.60 Å². The normalized spacial score (nSPS) is 35.1. The van der Waals surface area contributed by atoms with E-state index in [0.717, 1.165) is 13.0 Å². The van der Waals surface area contributed by atoms with E-state index >= 15 is 0 Å². The van der Waals surface area contributed by atoms with Gasteiger partial charge in [-0.1, -0.05) is 0 Å². The Hall–Kier alpha value is -0.610. The maximum atomic E-state index is 12.3. The minimum absolute atomic E-state index is 0.0775. The van der Waals surface area contributed by atoms with Gasteiger partial charge in [-0.3, -0.25) is 4.79 Å². The maximum Gasteiger partial charge on any atom is 0.311 e. The van der Waals surface area contributed by atoms with E-state index in [4.69, 9.17) is 9.47 Å². The van der Waals surface area contributed by atoms with Gasteiger partial charge in [0, 0.05) is 18.5 Å². The fraction of sp³-hybridized carbons (Fsp3) is 0.929. The Bertz CT molecular complexity index is 345. The molecule has 1 spiro atoms. The van der Waals surface area contributed by atoms with E-state index in [-0.39, 0.29) is 22.9 Å². The van der Waals surface area contributed by atoms with E-state index in [1.54, 1.807) is 0 Å². The Morgan fingerprint density at radius 3 is 2.56 bits per heavy atom. The van der Waals surface area contributed by atoms with Crippen LogP contribution in [0.2, 0.25) is 0 Å². The second-order valence-corrected chi connectivity index (χ2v) is 7.30. The molecule has 2 aliphatic heterocycles. The summed E-state index contributed by atoms with van der Waals surface area (Å²) in [6, 6.07) is 0. The first-order chi connectivity index (χ1) is 8.14. The lowest BCUT2D eigenvalue weighted by Gasteiger charge is -2.30. The van der Waals surface area contributed by atoms with Gasteiger partial charge in [0.25, 0.3) is 0 Å². The molecule has 0 aliphatic carbocycles. The Morgan fingerprint density at radius 1 is 1.39 bits per heavy atom. The highest BCUT2D eigenvalue weighted by Gasteiger charge is 2.55. The third-order valence-corrected chi connectivity index (χ3v) is 3.78. The maximum absolute atomic E-state index is 12.3. The minimum atomic E-state index is -0.421. The van der Waals surface area contributed by atoms with Crippen LogP contribution in [-0.2, 0) is 14.3 Å². The highest BCUT2D eigenvalue weighted by molar-refractivity contribution is 5.75. The van der Waals surface area contributed by atoms with Crippen molar-refractivity contribution in [2.75, 3.05) is 19.7 Å². The Morgan fingerprint density at radius 2 is 2.06 bits per heavy atom. The molecule has 104 valence electrons. The average molecular weight is 255 g/mol. The molecule has 4 heteroatoms. The second kappa shape index (κ2) is 4.20. The summed E-state index contributed by atoms with van der Waals surface area (Å²) in [6.45, 7) is 12.1. The highest BCUT2D eigenvalue weighted by Crippen LogP contribution is 2.47. The smallest absolute Gasteiger partial charge is 0.311 e. The zero-order valence-corrected chi connectivity index (χ0v) is 12.1. The van der Waals surface area contributed by atoms with Crippen LogP contribution in [0, 0.1) is 11.3 Å². The molecule has 0 radical (unpaired) electrons. The number of esters is 1. The first kappa shape index (κ1) is 13.8. The van der Waals surface area contributed by atoms with E-state index in [1.807, 2.05) is 20.8 Å². The van der Waals surface area contributed by atoms with Gasteiger partial charge in [0.05, 0.1) is 18.1 Å². The van der Waals surface area contributed by atoms with Crippen molar-refractivity contribution >= 4 is 5.97 Å². The molecule has 2 unspecified atom stereocenters. The van der Waals surface area contributed by atoms with Gasteiger partial charge in [0.1, 0.15) is 5.60 Å². The van der Waals surface area contributed by atoms with Crippen molar-refractivity contribution in [1.82, 2.24) is 5.32 Å². The quantitative estimate of drug-likeness (QED) is 0.725. The van der Waals surface area contributed by atoms with E-state index in [2.05, 4.69) is 19.2 Å². The molecule has 1 N–H and O–H groups in total. The monoisotopic (exact) mass is 255 g/mol. The standard InChI is InChI=1S/C14H25NO3/c1-12(2,3)18-11(16)10-6-15-8-14(10)7-13(4,5)17-9-14/h10,15H,6-9H2,1-5H3. The lowest BCUT2D eigenvalue weighted by molar-refractivity contribution is -0.163. The van der Waals surface area contributed by atoms with Crippen LogP contribution in [0.5, 0.6) is 0 Å². The van der Waals surface area contributed by atoms with Gasteiger partial charge in [-0.25, -0.2) is 0 Å². The molecule has 2 rings (SSSR count). The zero-order chi connectivity index (χ0) is 13.6. The third kappa shape index (κ3) is 2.69. The average Bonchev–Trinajstić information content (AvgIpc) is 2.68. The molecule has 2 atom stereocenters. The predicted octanol–water partition coefficient (Wildman–Crippen LogP) is 1.73. The van der Waals surface area contributed by atoms with Crippen molar-refractivity contribution in [1.29, 1.82) is 0 Å². The number of ether oxygens (including phenoxy) is 2. The summed E-state index contributed by atoms with van der Waals surface area (Å²) in [7, 11) is 0. The highest BCUT2D eigenvalue weighted by atomic mass is 16.6. The van der Waals surface area contributed by atoms with Crippen LogP contribution in [0.25, 0.3) is 0 Å². The number of carbonyl (C=O) groups is 1. The van der Waals surface area contributed by atoms with E-state index in [1.165, 1.54) is 0 Å². The van der Waals surface area contributed by atoms with Gasteiger partial charge in [0.2, 0.25) is 0 Å². The Labute approximate surface area is 109 Å². The molecule has 0 aromatic carbocycles. The van der Waals surface area contributed by atoms with Crippen molar-refractivity contribution in [3.8, 4) is 0 Å². The molecule has 0 saturated carbocycles. The summed E-state index contributed by atoms with van der Waals surface area (Å²) in [4.78, 5) is 12.3. The van der Waals surface area contributed by atoms with E-state index in [9.17, 15) is 4.79 Å². The topological polar surface area (TPSA) is 47.6 Å². The second-order valence-electron chi connectivity index (χ2n) is 7.30. The van der Waals surface area contributed by atoms with E-state index in [0.29, 0.717) is 13.2 Å². The molecule has 18 heavy (non-hydrogen) atoms. The fourth-order valence-electron chi connectivity index (χ4n) is 3.14. The summed E-state index contributed by atoms with van der Waals surface area (Å²) in [5, 5.41) is 3.33. The summed E-state index contributed by atoms with van der Waals surface area (Å²) in [6.07, 6.45) is 0.914. The summed E-state index contributed by atoms with van der Waals surface area (Å²) in [5.74, 6) is -0.174. The van der Waals surface area contributed by atoms with Crippen LogP contribution in [0.3, 0.4) is 0 Å². The molecule has 0 aromatic rings. The van der Waals surface area contributed by atoms with Crippen LogP contribution in [0.4, 0.5) is 0 Å². The molecule has 4 nitrogen and oxygen atoms in total. The van der Waals surface area contributed by atoms with Gasteiger partial charge >= 0.3 is 5.97 Å². The molecule has 0 aromatic heterocycles. The number of hydrogen-bond donors (Lipinski definition) is 1. The Balaban J connectivity index is 2.11. The first-order valence-electron chi connectivity index (χ1n) is 6.71. The van der Waals surface area contributed by atoms with Crippen LogP contribution in [0.15, 0.2) is 0 Å². The largest absolute Gasteiger partial charge is 0.460 e. The van der Waals surface area contributed by atoms with Gasteiger partial charge in [-0.05, 0) is 41.0 Å². The SMILES string of the molecule is CC(C)(C)OC(=O)C1CNCC12COC(C)(C)C2.